The van der Waals surface area contributed by atoms with Crippen molar-refractivity contribution in [2.75, 3.05) is 0 Å². The molecule has 3 aromatic carbocycles. The fourth-order valence-electron chi connectivity index (χ4n) is 2.24. The average Bonchev–Trinajstić information content (AvgIpc) is 2.61. The third kappa shape index (κ3) is 7.01. The number of rotatable bonds is 6. The fourth-order valence-corrected chi connectivity index (χ4v) is 3.49. The van der Waals surface area contributed by atoms with Crippen LogP contribution >= 0.6 is 7.82 Å². The summed E-state index contributed by atoms with van der Waals surface area (Å²) in [6.45, 7) is 5.90. The second-order valence-corrected chi connectivity index (χ2v) is 7.60. The van der Waals surface area contributed by atoms with E-state index in [0.717, 1.165) is 16.7 Å². The summed E-state index contributed by atoms with van der Waals surface area (Å²) in [6, 6.07) is 21.6. The van der Waals surface area contributed by atoms with Crippen molar-refractivity contribution < 1.29 is 53.2 Å². The molecule has 0 spiro atoms. The van der Waals surface area contributed by atoms with Crippen molar-refractivity contribution >= 4 is 7.82 Å². The van der Waals surface area contributed by atoms with Gasteiger partial charge in [0, 0.05) is 0 Å². The van der Waals surface area contributed by atoms with Crippen molar-refractivity contribution in [3.05, 3.63) is 89.5 Å². The zero-order valence-electron chi connectivity index (χ0n) is 16.5. The van der Waals surface area contributed by atoms with Crippen LogP contribution in [0.25, 0.3) is 0 Å². The molecule has 0 bridgehead atoms. The number of hydrogen-bond acceptors (Lipinski definition) is 5. The first-order valence-electron chi connectivity index (χ1n) is 8.31. The van der Waals surface area contributed by atoms with Crippen LogP contribution in [0.5, 0.6) is 17.2 Å². The third-order valence-electron chi connectivity index (χ3n) is 3.71. The zero-order chi connectivity index (χ0) is 18.6. The summed E-state index contributed by atoms with van der Waals surface area (Å²) >= 11 is 0. The number of hydrogen-bond donors (Lipinski definition) is 0. The molecule has 0 radical (unpaired) electrons. The van der Waals surface area contributed by atoms with Gasteiger partial charge < -0.3 is 19.0 Å². The van der Waals surface area contributed by atoms with Gasteiger partial charge in [-0.15, -0.1) is 0 Å². The van der Waals surface area contributed by atoms with E-state index in [1.807, 2.05) is 57.2 Å². The van der Waals surface area contributed by atoms with Gasteiger partial charge in [-0.05, 0) is 57.2 Å². The van der Waals surface area contributed by atoms with E-state index >= 15 is 0 Å². The Labute approximate surface area is 187 Å². The maximum atomic E-state index is 13.3. The molecule has 0 aliphatic carbocycles. The first-order chi connectivity index (χ1) is 12.4. The number of phosphoric acid groups is 1. The van der Waals surface area contributed by atoms with Crippen LogP contribution < -0.4 is 43.1 Å². The van der Waals surface area contributed by atoms with Crippen LogP contribution in [-0.2, 0) is 4.57 Å². The van der Waals surface area contributed by atoms with E-state index < -0.39 is 7.82 Å². The largest absolute Gasteiger partial charge is 1.00 e. The molecule has 3 rings (SSSR count). The molecular weight excluding hydrogens is 386 g/mol. The molecule has 0 atom stereocenters. The molecule has 1 N–H and O–H groups in total. The Morgan fingerprint density at radius 1 is 0.536 bits per heavy atom. The molecule has 0 fully saturated rings. The van der Waals surface area contributed by atoms with Gasteiger partial charge in [-0.3, -0.25) is 0 Å². The van der Waals surface area contributed by atoms with E-state index in [4.69, 9.17) is 13.6 Å². The number of phosphoric ester groups is 1. The fraction of sp³-hybridized carbons (Fsp3) is 0.143. The van der Waals surface area contributed by atoms with Crippen LogP contribution in [0.15, 0.2) is 72.8 Å². The predicted molar refractivity (Wildman–Crippen MR) is 105 cm³/mol. The minimum absolute atomic E-state index is 0. The SMILES string of the molecule is Cc1ccc(OP(=O)(Oc2ccc(C)cc2)Oc2ccc(C)cc2)cc1.[Na+].[OH-]. The Morgan fingerprint density at radius 3 is 0.964 bits per heavy atom. The van der Waals surface area contributed by atoms with Gasteiger partial charge in [0.25, 0.3) is 0 Å². The normalized spacial score (nSPS) is 10.2. The summed E-state index contributed by atoms with van der Waals surface area (Å²) in [5, 5.41) is 0. The summed E-state index contributed by atoms with van der Waals surface area (Å²) in [4.78, 5) is 0. The molecule has 0 saturated heterocycles. The van der Waals surface area contributed by atoms with E-state index in [0.29, 0.717) is 17.2 Å². The number of benzene rings is 3. The molecule has 7 heteroatoms. The molecule has 0 saturated carbocycles. The third-order valence-corrected chi connectivity index (χ3v) is 5.02. The second kappa shape index (κ2) is 10.7. The Hall–Kier alpha value is -1.75. The van der Waals surface area contributed by atoms with Crippen LogP contribution in [0.1, 0.15) is 16.7 Å². The summed E-state index contributed by atoms with van der Waals surface area (Å²) in [5.74, 6) is 1.24. The Kier molecular flexibility index (Phi) is 9.28. The van der Waals surface area contributed by atoms with Crippen molar-refractivity contribution in [2.24, 2.45) is 0 Å². The van der Waals surface area contributed by atoms with Gasteiger partial charge in [-0.1, -0.05) is 53.1 Å². The van der Waals surface area contributed by atoms with Gasteiger partial charge in [0.15, 0.2) is 0 Å². The monoisotopic (exact) mass is 408 g/mol. The summed E-state index contributed by atoms with van der Waals surface area (Å²) in [7, 11) is -3.93. The van der Waals surface area contributed by atoms with Gasteiger partial charge in [0.05, 0.1) is 0 Å². The van der Waals surface area contributed by atoms with Crippen molar-refractivity contribution in [1.29, 1.82) is 0 Å². The van der Waals surface area contributed by atoms with Gasteiger partial charge in [0.2, 0.25) is 0 Å². The van der Waals surface area contributed by atoms with E-state index in [9.17, 15) is 4.57 Å². The van der Waals surface area contributed by atoms with Crippen molar-refractivity contribution in [3.63, 3.8) is 0 Å². The molecule has 28 heavy (non-hydrogen) atoms. The Bertz CT molecular complexity index is 787. The second-order valence-electron chi connectivity index (χ2n) is 6.16. The molecule has 0 amide bonds. The minimum atomic E-state index is -3.93. The maximum Gasteiger partial charge on any atom is 1.00 e. The van der Waals surface area contributed by atoms with Crippen molar-refractivity contribution in [1.82, 2.24) is 0 Å². The van der Waals surface area contributed by atoms with Crippen LogP contribution in [0.4, 0.5) is 0 Å². The van der Waals surface area contributed by atoms with Crippen LogP contribution in [0, 0.1) is 20.8 Å². The van der Waals surface area contributed by atoms with Crippen LogP contribution in [0.3, 0.4) is 0 Å². The predicted octanol–water partition coefficient (Wildman–Crippen LogP) is 3.08. The first kappa shape index (κ1) is 24.3. The van der Waals surface area contributed by atoms with Crippen molar-refractivity contribution in [3.8, 4) is 17.2 Å². The summed E-state index contributed by atoms with van der Waals surface area (Å²) < 4.78 is 30.2. The molecule has 0 unspecified atom stereocenters. The molecule has 142 valence electrons. The van der Waals surface area contributed by atoms with Crippen molar-refractivity contribution in [2.45, 2.75) is 20.8 Å². The summed E-state index contributed by atoms with van der Waals surface area (Å²) in [5.41, 5.74) is 3.23. The van der Waals surface area contributed by atoms with Gasteiger partial charge in [0.1, 0.15) is 17.2 Å². The molecule has 0 aromatic heterocycles. The van der Waals surface area contributed by atoms with E-state index in [2.05, 4.69) is 0 Å². The topological polar surface area (TPSA) is 74.8 Å². The first-order valence-corrected chi connectivity index (χ1v) is 9.77. The van der Waals surface area contributed by atoms with Gasteiger partial charge in [-0.2, -0.15) is 4.57 Å². The standard InChI is InChI=1S/C21H21O4P.Na.H2O/c1-16-4-10-19(11-5-16)23-26(22,24-20-12-6-17(2)7-13-20)25-21-14-8-18(3)9-15-21;;/h4-15H,1-3H3;;1H2/q;+1;/p-1. The van der Waals surface area contributed by atoms with Gasteiger partial charge >= 0.3 is 37.4 Å². The van der Waals surface area contributed by atoms with Gasteiger partial charge in [-0.25, -0.2) is 0 Å². The maximum absolute atomic E-state index is 13.3. The van der Waals surface area contributed by atoms with Crippen LogP contribution in [0.2, 0.25) is 0 Å². The zero-order valence-corrected chi connectivity index (χ0v) is 19.4. The average molecular weight is 408 g/mol. The number of aryl methyl sites for hydroxylation is 3. The smallest absolute Gasteiger partial charge is 0.870 e. The molecule has 3 aromatic rings. The molecule has 0 heterocycles. The van der Waals surface area contributed by atoms with E-state index in [-0.39, 0.29) is 35.0 Å². The molecular formula is C21H22NaO5P. The molecule has 0 aliphatic heterocycles. The van der Waals surface area contributed by atoms with E-state index in [1.165, 1.54) is 0 Å². The Morgan fingerprint density at radius 2 is 0.750 bits per heavy atom. The minimum Gasteiger partial charge on any atom is -0.870 e. The van der Waals surface area contributed by atoms with Crippen LogP contribution in [-0.4, -0.2) is 5.48 Å². The van der Waals surface area contributed by atoms with E-state index in [1.54, 1.807) is 36.4 Å². The quantitative estimate of drug-likeness (QED) is 0.463. The molecule has 0 aliphatic rings. The summed E-state index contributed by atoms with van der Waals surface area (Å²) in [6.07, 6.45) is 0. The molecule has 5 nitrogen and oxygen atoms in total. The Balaban J connectivity index is 0.00000196.